The van der Waals surface area contributed by atoms with Crippen molar-refractivity contribution in [3.05, 3.63) is 51.2 Å². The molecule has 102 valence electrons. The van der Waals surface area contributed by atoms with E-state index in [-0.39, 0.29) is 11.3 Å². The number of methoxy groups -OCH3 is 1. The molecule has 0 spiro atoms. The summed E-state index contributed by atoms with van der Waals surface area (Å²) in [5.74, 6) is -1.22. The quantitative estimate of drug-likeness (QED) is 0.929. The van der Waals surface area contributed by atoms with E-state index in [1.54, 1.807) is 0 Å². The van der Waals surface area contributed by atoms with Crippen LogP contribution in [-0.4, -0.2) is 7.11 Å². The van der Waals surface area contributed by atoms with Gasteiger partial charge in [0.05, 0.1) is 13.2 Å². The lowest BCUT2D eigenvalue weighted by Gasteiger charge is -2.15. The predicted molar refractivity (Wildman–Crippen MR) is 72.6 cm³/mol. The molecular formula is C14H15F2NOS. The topological polar surface area (TPSA) is 35.2 Å². The minimum absolute atomic E-state index is 0.113. The third-order valence-corrected chi connectivity index (χ3v) is 4.09. The Morgan fingerprint density at radius 3 is 2.47 bits per heavy atom. The van der Waals surface area contributed by atoms with Gasteiger partial charge in [0, 0.05) is 22.6 Å². The number of hydrogen-bond donors (Lipinski definition) is 1. The van der Waals surface area contributed by atoms with E-state index in [0.29, 0.717) is 0 Å². The average Bonchev–Trinajstić information content (AvgIpc) is 2.85. The zero-order valence-electron chi connectivity index (χ0n) is 10.7. The summed E-state index contributed by atoms with van der Waals surface area (Å²) in [4.78, 5) is 0.797. The number of nitrogens with two attached hydrogens (primary N) is 1. The van der Waals surface area contributed by atoms with Crippen molar-refractivity contribution in [1.29, 1.82) is 0 Å². The molecule has 2 rings (SSSR count). The van der Waals surface area contributed by atoms with Crippen molar-refractivity contribution in [3.8, 4) is 5.75 Å². The van der Waals surface area contributed by atoms with E-state index >= 15 is 0 Å². The molecule has 5 heteroatoms. The van der Waals surface area contributed by atoms with E-state index in [9.17, 15) is 8.78 Å². The summed E-state index contributed by atoms with van der Waals surface area (Å²) in [6, 6.07) is 3.44. The van der Waals surface area contributed by atoms with E-state index < -0.39 is 17.7 Å². The molecule has 1 atom stereocenters. The molecule has 1 unspecified atom stereocenters. The highest BCUT2D eigenvalue weighted by Gasteiger charge is 2.22. The smallest absolute Gasteiger partial charge is 0.134 e. The monoisotopic (exact) mass is 283 g/mol. The fourth-order valence-corrected chi connectivity index (χ4v) is 3.03. The van der Waals surface area contributed by atoms with Gasteiger partial charge >= 0.3 is 0 Å². The van der Waals surface area contributed by atoms with Crippen LogP contribution in [0.1, 0.15) is 29.0 Å². The first kappa shape index (κ1) is 14.0. The second-order valence-corrected chi connectivity index (χ2v) is 5.09. The van der Waals surface area contributed by atoms with Crippen LogP contribution in [0.3, 0.4) is 0 Å². The molecule has 0 saturated heterocycles. The van der Waals surface area contributed by atoms with Crippen molar-refractivity contribution in [2.75, 3.05) is 7.11 Å². The van der Waals surface area contributed by atoms with E-state index in [0.717, 1.165) is 29.0 Å². The third-order valence-electron chi connectivity index (χ3n) is 3.04. The first-order chi connectivity index (χ1) is 9.08. The molecular weight excluding hydrogens is 268 g/mol. The average molecular weight is 283 g/mol. The standard InChI is InChI=1S/C14H15F2NOS/c1-3-8-4-5-19-14(8)13(17)12-10(15)6-9(18-2)7-11(12)16/h4-7,13H,3,17H2,1-2H3. The van der Waals surface area contributed by atoms with E-state index in [1.807, 2.05) is 18.4 Å². The molecule has 2 nitrogen and oxygen atoms in total. The Kier molecular flexibility index (Phi) is 4.17. The lowest BCUT2D eigenvalue weighted by Crippen LogP contribution is -2.16. The van der Waals surface area contributed by atoms with Crippen LogP contribution >= 0.6 is 11.3 Å². The second-order valence-electron chi connectivity index (χ2n) is 4.15. The molecule has 19 heavy (non-hydrogen) atoms. The van der Waals surface area contributed by atoms with Crippen LogP contribution in [0.4, 0.5) is 8.78 Å². The Morgan fingerprint density at radius 2 is 1.95 bits per heavy atom. The van der Waals surface area contributed by atoms with Crippen molar-refractivity contribution < 1.29 is 13.5 Å². The van der Waals surface area contributed by atoms with Gasteiger partial charge < -0.3 is 10.5 Å². The van der Waals surface area contributed by atoms with Crippen LogP contribution in [0, 0.1) is 11.6 Å². The normalized spacial score (nSPS) is 12.5. The Balaban J connectivity index is 2.47. The number of thiophene rings is 1. The van der Waals surface area contributed by atoms with Crippen LogP contribution in [-0.2, 0) is 6.42 Å². The molecule has 2 aromatic rings. The minimum atomic E-state index is -0.791. The van der Waals surface area contributed by atoms with Gasteiger partial charge in [-0.05, 0) is 23.4 Å². The van der Waals surface area contributed by atoms with E-state index in [4.69, 9.17) is 10.5 Å². The highest BCUT2D eigenvalue weighted by atomic mass is 32.1. The van der Waals surface area contributed by atoms with Gasteiger partial charge in [-0.1, -0.05) is 6.92 Å². The van der Waals surface area contributed by atoms with Crippen LogP contribution in [0.15, 0.2) is 23.6 Å². The Bertz CT molecular complexity index is 560. The zero-order valence-corrected chi connectivity index (χ0v) is 11.6. The molecule has 0 saturated carbocycles. The van der Waals surface area contributed by atoms with Gasteiger partial charge in [-0.25, -0.2) is 8.78 Å². The van der Waals surface area contributed by atoms with Crippen LogP contribution in [0.25, 0.3) is 0 Å². The van der Waals surface area contributed by atoms with Gasteiger partial charge in [0.15, 0.2) is 0 Å². The van der Waals surface area contributed by atoms with Crippen molar-refractivity contribution in [1.82, 2.24) is 0 Å². The van der Waals surface area contributed by atoms with Crippen molar-refractivity contribution >= 4 is 11.3 Å². The first-order valence-corrected chi connectivity index (χ1v) is 6.81. The summed E-state index contributed by atoms with van der Waals surface area (Å²) in [6.45, 7) is 1.99. The lowest BCUT2D eigenvalue weighted by atomic mass is 10.0. The first-order valence-electron chi connectivity index (χ1n) is 5.93. The van der Waals surface area contributed by atoms with Gasteiger partial charge in [-0.15, -0.1) is 11.3 Å². The molecule has 0 aliphatic carbocycles. The van der Waals surface area contributed by atoms with Crippen molar-refractivity contribution in [2.45, 2.75) is 19.4 Å². The molecule has 0 aliphatic heterocycles. The summed E-state index contributed by atoms with van der Waals surface area (Å²) in [7, 11) is 1.36. The maximum Gasteiger partial charge on any atom is 0.134 e. The number of aryl methyl sites for hydroxylation is 1. The lowest BCUT2D eigenvalue weighted by molar-refractivity contribution is 0.404. The van der Waals surface area contributed by atoms with Gasteiger partial charge in [0.1, 0.15) is 17.4 Å². The van der Waals surface area contributed by atoms with Gasteiger partial charge in [-0.3, -0.25) is 0 Å². The van der Waals surface area contributed by atoms with Crippen molar-refractivity contribution in [2.24, 2.45) is 5.73 Å². The van der Waals surface area contributed by atoms with Crippen LogP contribution < -0.4 is 10.5 Å². The molecule has 0 fully saturated rings. The fourth-order valence-electron chi connectivity index (χ4n) is 2.02. The minimum Gasteiger partial charge on any atom is -0.497 e. The number of hydrogen-bond acceptors (Lipinski definition) is 3. The Hall–Kier alpha value is -1.46. The molecule has 2 N–H and O–H groups in total. The maximum atomic E-state index is 14.0. The van der Waals surface area contributed by atoms with Gasteiger partial charge in [-0.2, -0.15) is 0 Å². The summed E-state index contributed by atoms with van der Waals surface area (Å²) in [6.07, 6.45) is 0.784. The second kappa shape index (κ2) is 5.67. The van der Waals surface area contributed by atoms with Crippen LogP contribution in [0.5, 0.6) is 5.75 Å². The largest absolute Gasteiger partial charge is 0.497 e. The molecule has 0 radical (unpaired) electrons. The van der Waals surface area contributed by atoms with Gasteiger partial charge in [0.2, 0.25) is 0 Å². The molecule has 1 aromatic heterocycles. The number of halogens is 2. The molecule has 1 aromatic carbocycles. The molecule has 0 amide bonds. The summed E-state index contributed by atoms with van der Waals surface area (Å²) >= 11 is 1.41. The van der Waals surface area contributed by atoms with Gasteiger partial charge in [0.25, 0.3) is 0 Å². The molecule has 0 aliphatic rings. The van der Waals surface area contributed by atoms with Crippen LogP contribution in [0.2, 0.25) is 0 Å². The summed E-state index contributed by atoms with van der Waals surface area (Å²) in [5.41, 5.74) is 6.93. The van der Waals surface area contributed by atoms with Crippen molar-refractivity contribution in [3.63, 3.8) is 0 Å². The maximum absolute atomic E-state index is 14.0. The third kappa shape index (κ3) is 2.62. The highest BCUT2D eigenvalue weighted by Crippen LogP contribution is 2.32. The zero-order chi connectivity index (χ0) is 14.0. The molecule has 0 bridgehead atoms. The van der Waals surface area contributed by atoms with E-state index in [2.05, 4.69) is 0 Å². The number of benzene rings is 1. The Labute approximate surface area is 114 Å². The highest BCUT2D eigenvalue weighted by molar-refractivity contribution is 7.10. The predicted octanol–water partition coefficient (Wildman–Crippen LogP) is 3.65. The number of ether oxygens (including phenoxy) is 1. The SMILES string of the molecule is CCc1ccsc1C(N)c1c(F)cc(OC)cc1F. The summed E-state index contributed by atoms with van der Waals surface area (Å²) < 4.78 is 32.8. The number of rotatable bonds is 4. The summed E-state index contributed by atoms with van der Waals surface area (Å²) in [5, 5.41) is 1.88. The Morgan fingerprint density at radius 1 is 1.32 bits per heavy atom. The van der Waals surface area contributed by atoms with E-state index in [1.165, 1.54) is 18.4 Å². The molecule has 1 heterocycles. The fraction of sp³-hybridized carbons (Fsp3) is 0.286.